The van der Waals surface area contributed by atoms with Gasteiger partial charge in [-0.3, -0.25) is 4.79 Å². The second kappa shape index (κ2) is 6.62. The number of benzene rings is 2. The second-order valence-electron chi connectivity index (χ2n) is 4.94. The lowest BCUT2D eigenvalue weighted by atomic mass is 10.1. The molecule has 0 aliphatic rings. The van der Waals surface area contributed by atoms with E-state index in [4.69, 9.17) is 0 Å². The molecule has 3 heteroatoms. The summed E-state index contributed by atoms with van der Waals surface area (Å²) in [5.41, 5.74) is 3.18. The monoisotopic (exact) mass is 285 g/mol. The smallest absolute Gasteiger partial charge is 0.237 e. The van der Waals surface area contributed by atoms with Gasteiger partial charge in [0.05, 0.1) is 5.25 Å². The number of rotatable bonds is 4. The van der Waals surface area contributed by atoms with Crippen LogP contribution in [0.3, 0.4) is 0 Å². The molecule has 0 radical (unpaired) electrons. The summed E-state index contributed by atoms with van der Waals surface area (Å²) in [5.74, 6) is 0.0313. The first-order valence-corrected chi connectivity index (χ1v) is 7.53. The van der Waals surface area contributed by atoms with E-state index in [2.05, 4.69) is 11.4 Å². The third kappa shape index (κ3) is 4.14. The first-order chi connectivity index (χ1) is 9.54. The number of thioether (sulfide) groups is 1. The van der Waals surface area contributed by atoms with Crippen LogP contribution in [-0.4, -0.2) is 11.2 Å². The number of aryl methyl sites for hydroxylation is 2. The Hall–Kier alpha value is -1.74. The molecular formula is C17H19NOS. The van der Waals surface area contributed by atoms with Crippen molar-refractivity contribution in [1.82, 2.24) is 0 Å². The summed E-state index contributed by atoms with van der Waals surface area (Å²) in [5, 5.41) is 2.86. The molecule has 0 spiro atoms. The van der Waals surface area contributed by atoms with Crippen LogP contribution in [0.25, 0.3) is 0 Å². The lowest BCUT2D eigenvalue weighted by molar-refractivity contribution is -0.115. The van der Waals surface area contributed by atoms with E-state index in [1.165, 1.54) is 0 Å². The number of nitrogens with one attached hydrogen (secondary N) is 1. The van der Waals surface area contributed by atoms with Crippen LogP contribution in [-0.2, 0) is 4.79 Å². The summed E-state index contributed by atoms with van der Waals surface area (Å²) in [7, 11) is 0. The zero-order chi connectivity index (χ0) is 14.5. The number of hydrogen-bond acceptors (Lipinski definition) is 2. The Morgan fingerprint density at radius 3 is 2.25 bits per heavy atom. The Balaban J connectivity index is 2.00. The van der Waals surface area contributed by atoms with E-state index in [0.717, 1.165) is 21.7 Å². The largest absolute Gasteiger partial charge is 0.325 e. The highest BCUT2D eigenvalue weighted by Gasteiger charge is 2.14. The molecule has 0 heterocycles. The van der Waals surface area contributed by atoms with Gasteiger partial charge in [-0.05, 0) is 56.2 Å². The Kier molecular flexibility index (Phi) is 4.85. The van der Waals surface area contributed by atoms with Crippen molar-refractivity contribution >= 4 is 23.4 Å². The van der Waals surface area contributed by atoms with Gasteiger partial charge < -0.3 is 5.32 Å². The Bertz CT molecular complexity index is 575. The normalized spacial score (nSPS) is 11.9. The zero-order valence-corrected chi connectivity index (χ0v) is 12.8. The molecule has 0 bridgehead atoms. The van der Waals surface area contributed by atoms with Crippen molar-refractivity contribution in [3.63, 3.8) is 0 Å². The molecule has 0 aliphatic carbocycles. The molecule has 2 aromatic rings. The van der Waals surface area contributed by atoms with Crippen molar-refractivity contribution in [2.24, 2.45) is 0 Å². The van der Waals surface area contributed by atoms with Gasteiger partial charge in [0.15, 0.2) is 0 Å². The fourth-order valence-corrected chi connectivity index (χ4v) is 2.94. The Morgan fingerprint density at radius 1 is 1.05 bits per heavy atom. The van der Waals surface area contributed by atoms with Crippen LogP contribution in [0.5, 0.6) is 0 Å². The van der Waals surface area contributed by atoms with E-state index in [9.17, 15) is 4.79 Å². The molecule has 104 valence electrons. The third-order valence-electron chi connectivity index (χ3n) is 2.91. The van der Waals surface area contributed by atoms with Crippen LogP contribution >= 0.6 is 11.8 Å². The van der Waals surface area contributed by atoms with Crippen molar-refractivity contribution in [1.29, 1.82) is 0 Å². The average molecular weight is 285 g/mol. The number of anilines is 1. The van der Waals surface area contributed by atoms with Gasteiger partial charge in [0.25, 0.3) is 0 Å². The fourth-order valence-electron chi connectivity index (χ4n) is 2.05. The lowest BCUT2D eigenvalue weighted by Crippen LogP contribution is -2.22. The summed E-state index contributed by atoms with van der Waals surface area (Å²) in [4.78, 5) is 13.3. The first-order valence-electron chi connectivity index (χ1n) is 6.65. The van der Waals surface area contributed by atoms with Crippen molar-refractivity contribution in [3.8, 4) is 0 Å². The molecule has 1 unspecified atom stereocenters. The van der Waals surface area contributed by atoms with Gasteiger partial charge >= 0.3 is 0 Å². The molecule has 0 fully saturated rings. The topological polar surface area (TPSA) is 29.1 Å². The number of hydrogen-bond donors (Lipinski definition) is 1. The SMILES string of the molecule is Cc1cc(C)cc(NC(=O)C(C)Sc2ccccc2)c1. The van der Waals surface area contributed by atoms with Gasteiger partial charge in [0.2, 0.25) is 5.91 Å². The van der Waals surface area contributed by atoms with Crippen molar-refractivity contribution in [2.75, 3.05) is 5.32 Å². The highest BCUT2D eigenvalue weighted by Crippen LogP contribution is 2.24. The molecule has 0 aromatic heterocycles. The van der Waals surface area contributed by atoms with Crippen molar-refractivity contribution in [3.05, 3.63) is 59.7 Å². The minimum Gasteiger partial charge on any atom is -0.325 e. The van der Waals surface area contributed by atoms with E-state index in [1.807, 2.05) is 63.2 Å². The number of carbonyl (C=O) groups excluding carboxylic acids is 1. The van der Waals surface area contributed by atoms with Gasteiger partial charge in [-0.15, -0.1) is 11.8 Å². The summed E-state index contributed by atoms with van der Waals surface area (Å²) in [6.45, 7) is 5.99. The highest BCUT2D eigenvalue weighted by molar-refractivity contribution is 8.00. The molecule has 1 N–H and O–H groups in total. The molecule has 0 aliphatic heterocycles. The quantitative estimate of drug-likeness (QED) is 0.842. The molecule has 2 rings (SSSR count). The first kappa shape index (κ1) is 14.7. The van der Waals surface area contributed by atoms with Gasteiger partial charge in [-0.25, -0.2) is 0 Å². The summed E-state index contributed by atoms with van der Waals surface area (Å²) >= 11 is 1.57. The maximum Gasteiger partial charge on any atom is 0.237 e. The predicted octanol–water partition coefficient (Wildman–Crippen LogP) is 4.42. The van der Waals surface area contributed by atoms with E-state index >= 15 is 0 Å². The summed E-state index contributed by atoms with van der Waals surface area (Å²) in [6.07, 6.45) is 0. The maximum atomic E-state index is 12.2. The molecule has 0 saturated heterocycles. The molecule has 1 atom stereocenters. The van der Waals surface area contributed by atoms with Crippen LogP contribution in [0.4, 0.5) is 5.69 Å². The minimum absolute atomic E-state index is 0.0313. The van der Waals surface area contributed by atoms with E-state index < -0.39 is 0 Å². The molecule has 2 aromatic carbocycles. The fraction of sp³-hybridized carbons (Fsp3) is 0.235. The van der Waals surface area contributed by atoms with Crippen molar-refractivity contribution < 1.29 is 4.79 Å². The standard InChI is InChI=1S/C17H19NOS/c1-12-9-13(2)11-15(10-12)18-17(19)14(3)20-16-7-5-4-6-8-16/h4-11,14H,1-3H3,(H,18,19). The van der Waals surface area contributed by atoms with Crippen LogP contribution in [0.2, 0.25) is 0 Å². The molecule has 20 heavy (non-hydrogen) atoms. The third-order valence-corrected chi connectivity index (χ3v) is 4.03. The van der Waals surface area contributed by atoms with Crippen molar-refractivity contribution in [2.45, 2.75) is 30.9 Å². The van der Waals surface area contributed by atoms with Gasteiger partial charge in [0, 0.05) is 10.6 Å². The van der Waals surface area contributed by atoms with Gasteiger partial charge in [-0.1, -0.05) is 24.3 Å². The Morgan fingerprint density at radius 2 is 1.65 bits per heavy atom. The van der Waals surface area contributed by atoms with Gasteiger partial charge in [-0.2, -0.15) is 0 Å². The van der Waals surface area contributed by atoms with Crippen LogP contribution < -0.4 is 5.32 Å². The minimum atomic E-state index is -0.127. The molecule has 2 nitrogen and oxygen atoms in total. The van der Waals surface area contributed by atoms with E-state index in [0.29, 0.717) is 0 Å². The van der Waals surface area contributed by atoms with E-state index in [-0.39, 0.29) is 11.2 Å². The molecular weight excluding hydrogens is 266 g/mol. The van der Waals surface area contributed by atoms with Gasteiger partial charge in [0.1, 0.15) is 0 Å². The zero-order valence-electron chi connectivity index (χ0n) is 12.0. The Labute approximate surface area is 124 Å². The lowest BCUT2D eigenvalue weighted by Gasteiger charge is -2.13. The molecule has 1 amide bonds. The summed E-state index contributed by atoms with van der Waals surface area (Å²) < 4.78 is 0. The van der Waals surface area contributed by atoms with E-state index in [1.54, 1.807) is 11.8 Å². The van der Waals surface area contributed by atoms with Crippen LogP contribution in [0, 0.1) is 13.8 Å². The molecule has 0 saturated carbocycles. The second-order valence-corrected chi connectivity index (χ2v) is 6.35. The summed E-state index contributed by atoms with van der Waals surface area (Å²) in [6, 6.07) is 16.1. The maximum absolute atomic E-state index is 12.2. The predicted molar refractivity (Wildman–Crippen MR) is 86.3 cm³/mol. The number of carbonyl (C=O) groups is 1. The average Bonchev–Trinajstić information content (AvgIpc) is 2.38. The highest BCUT2D eigenvalue weighted by atomic mass is 32.2. The number of amides is 1. The van der Waals surface area contributed by atoms with Crippen LogP contribution in [0.15, 0.2) is 53.4 Å². The van der Waals surface area contributed by atoms with Crippen LogP contribution in [0.1, 0.15) is 18.1 Å².